The molecule has 3 heterocycles. The quantitative estimate of drug-likeness (QED) is 0.670. The molecule has 0 amide bonds. The molecule has 3 rings (SSSR count). The van der Waals surface area contributed by atoms with E-state index in [0.29, 0.717) is 23.0 Å². The van der Waals surface area contributed by atoms with Crippen molar-refractivity contribution in [1.82, 2.24) is 14.5 Å². The normalized spacial score (nSPS) is 20.0. The predicted molar refractivity (Wildman–Crippen MR) is 112 cm³/mol. The second-order valence-corrected chi connectivity index (χ2v) is 7.33. The van der Waals surface area contributed by atoms with Crippen molar-refractivity contribution in [3.05, 3.63) is 53.4 Å². The number of ether oxygens (including phenoxy) is 1. The Balaban J connectivity index is 1.69. The molecule has 0 spiro atoms. The number of fused-ring (bicyclic) bond motifs is 1. The molecule has 1 aromatic rings. The molecule has 7 nitrogen and oxygen atoms in total. The second kappa shape index (κ2) is 9.71. The summed E-state index contributed by atoms with van der Waals surface area (Å²) in [5.41, 5.74) is 5.98. The Kier molecular flexibility index (Phi) is 7.06. The lowest BCUT2D eigenvalue weighted by Gasteiger charge is -2.24. The fourth-order valence-electron chi connectivity index (χ4n) is 3.84. The first-order valence-electron chi connectivity index (χ1n) is 10.2. The molecule has 2 aliphatic heterocycles. The van der Waals surface area contributed by atoms with E-state index in [4.69, 9.17) is 10.5 Å². The van der Waals surface area contributed by atoms with E-state index in [1.807, 2.05) is 0 Å². The fourth-order valence-corrected chi connectivity index (χ4v) is 3.84. The van der Waals surface area contributed by atoms with Crippen molar-refractivity contribution in [1.29, 1.82) is 0 Å². The van der Waals surface area contributed by atoms with Gasteiger partial charge in [-0.2, -0.15) is 4.98 Å². The molecule has 0 aromatic carbocycles. The molecule has 7 heteroatoms. The molecule has 0 saturated carbocycles. The van der Waals surface area contributed by atoms with Crippen molar-refractivity contribution in [2.75, 3.05) is 31.5 Å². The average molecular weight is 386 g/mol. The minimum Gasteiger partial charge on any atom is -0.450 e. The third-order valence-corrected chi connectivity index (χ3v) is 5.41. The Morgan fingerprint density at radius 2 is 2.11 bits per heavy atom. The van der Waals surface area contributed by atoms with Crippen LogP contribution in [0.3, 0.4) is 0 Å². The molecule has 1 aromatic heterocycles. The van der Waals surface area contributed by atoms with Crippen molar-refractivity contribution >= 4 is 5.82 Å². The third kappa shape index (κ3) is 4.72. The summed E-state index contributed by atoms with van der Waals surface area (Å²) < 4.78 is 7.62. The molecular weight excluding hydrogens is 354 g/mol. The van der Waals surface area contributed by atoms with Crippen molar-refractivity contribution in [2.24, 2.45) is 5.73 Å². The smallest absolute Gasteiger partial charge is 0.350 e. The first kappa shape index (κ1) is 20.4. The molecule has 1 atom stereocenters. The number of nitrogens with zero attached hydrogens (tertiary/aromatic N) is 3. The highest BCUT2D eigenvalue weighted by molar-refractivity contribution is 5.59. The Hall–Kier alpha value is -2.38. The summed E-state index contributed by atoms with van der Waals surface area (Å²) in [6, 6.07) is 0.139. The summed E-state index contributed by atoms with van der Waals surface area (Å²) in [7, 11) is 0. The van der Waals surface area contributed by atoms with Gasteiger partial charge in [-0.15, -0.1) is 0 Å². The fraction of sp³-hybridized carbons (Fsp3) is 0.524. The number of hydrogen-bond acceptors (Lipinski definition) is 6. The number of nitrogens with one attached hydrogen (secondary N) is 1. The van der Waals surface area contributed by atoms with Gasteiger partial charge in [0.1, 0.15) is 0 Å². The number of likely N-dealkylation sites (tertiary alicyclic amines) is 1. The van der Waals surface area contributed by atoms with Crippen LogP contribution in [-0.4, -0.2) is 40.6 Å². The van der Waals surface area contributed by atoms with Crippen LogP contribution in [0, 0.1) is 0 Å². The number of nitrogens with two attached hydrogens (primary N) is 1. The Morgan fingerprint density at radius 3 is 2.86 bits per heavy atom. The van der Waals surface area contributed by atoms with Crippen LogP contribution in [0.25, 0.3) is 0 Å². The van der Waals surface area contributed by atoms with Gasteiger partial charge in [-0.05, 0) is 63.9 Å². The van der Waals surface area contributed by atoms with E-state index in [1.54, 1.807) is 22.9 Å². The summed E-state index contributed by atoms with van der Waals surface area (Å²) in [6.07, 6.45) is 11.5. The third-order valence-electron chi connectivity index (χ3n) is 5.41. The summed E-state index contributed by atoms with van der Waals surface area (Å²) in [5, 5.41) is 3.10. The number of anilines is 1. The molecule has 2 aliphatic rings. The topological polar surface area (TPSA) is 85.4 Å². The van der Waals surface area contributed by atoms with Crippen LogP contribution >= 0.6 is 0 Å². The summed E-state index contributed by atoms with van der Waals surface area (Å²) >= 11 is 0. The lowest BCUT2D eigenvalue weighted by molar-refractivity contribution is 0.273. The SMILES string of the molecule is C=CC1=C(C=C)Oc2cn(C3CCCN(CCCCCN)CC3)c(=O)nc2N1. The molecule has 3 N–H and O–H groups in total. The average Bonchev–Trinajstić information content (AvgIpc) is 2.95. The molecule has 1 unspecified atom stereocenters. The number of unbranched alkanes of at least 4 members (excludes halogenated alkanes) is 2. The number of allylic oxidation sites excluding steroid dienone is 2. The van der Waals surface area contributed by atoms with E-state index in [9.17, 15) is 4.79 Å². The van der Waals surface area contributed by atoms with Crippen molar-refractivity contribution < 1.29 is 4.74 Å². The molecule has 0 aliphatic carbocycles. The number of aromatic nitrogens is 2. The van der Waals surface area contributed by atoms with Gasteiger partial charge in [0.15, 0.2) is 17.3 Å². The van der Waals surface area contributed by atoms with E-state index >= 15 is 0 Å². The van der Waals surface area contributed by atoms with Crippen LogP contribution in [0.4, 0.5) is 5.82 Å². The van der Waals surface area contributed by atoms with Crippen LogP contribution in [0.15, 0.2) is 47.8 Å². The number of rotatable bonds is 8. The Labute approximate surface area is 166 Å². The van der Waals surface area contributed by atoms with Crippen LogP contribution < -0.4 is 21.5 Å². The van der Waals surface area contributed by atoms with Gasteiger partial charge < -0.3 is 20.7 Å². The lowest BCUT2D eigenvalue weighted by Crippen LogP contribution is -2.30. The van der Waals surface area contributed by atoms with E-state index in [1.165, 1.54) is 12.8 Å². The standard InChI is InChI=1S/C21H31N5O2/c1-3-17-18(4-2)28-19-15-26(21(27)24-20(19)23-17)16-9-8-13-25(14-10-16)12-7-5-6-11-22/h3-4,15-16H,1-2,5-14,22H2,(H,23,24,27). The van der Waals surface area contributed by atoms with Gasteiger partial charge in [0, 0.05) is 12.6 Å². The first-order chi connectivity index (χ1) is 13.7. The van der Waals surface area contributed by atoms with Gasteiger partial charge in [-0.1, -0.05) is 19.6 Å². The highest BCUT2D eigenvalue weighted by Gasteiger charge is 2.24. The van der Waals surface area contributed by atoms with Gasteiger partial charge in [0.05, 0.1) is 11.9 Å². The largest absolute Gasteiger partial charge is 0.450 e. The van der Waals surface area contributed by atoms with Gasteiger partial charge in [-0.25, -0.2) is 4.79 Å². The Bertz CT molecular complexity index is 798. The molecule has 152 valence electrons. The van der Waals surface area contributed by atoms with E-state index in [0.717, 1.165) is 51.9 Å². The first-order valence-corrected chi connectivity index (χ1v) is 10.2. The number of hydrogen-bond donors (Lipinski definition) is 2. The molecule has 28 heavy (non-hydrogen) atoms. The van der Waals surface area contributed by atoms with Gasteiger partial charge in [0.25, 0.3) is 0 Å². The zero-order chi connectivity index (χ0) is 19.9. The predicted octanol–water partition coefficient (Wildman–Crippen LogP) is 2.79. The summed E-state index contributed by atoms with van der Waals surface area (Å²) in [4.78, 5) is 19.3. The van der Waals surface area contributed by atoms with Crippen molar-refractivity contribution in [3.8, 4) is 5.75 Å². The van der Waals surface area contributed by atoms with E-state index in [-0.39, 0.29) is 11.7 Å². The molecule has 0 bridgehead atoms. The second-order valence-electron chi connectivity index (χ2n) is 7.33. The molecule has 1 saturated heterocycles. The molecule has 0 radical (unpaired) electrons. The van der Waals surface area contributed by atoms with Crippen LogP contribution in [0.5, 0.6) is 5.75 Å². The minimum atomic E-state index is -0.248. The van der Waals surface area contributed by atoms with Gasteiger partial charge in [0.2, 0.25) is 0 Å². The minimum absolute atomic E-state index is 0.139. The van der Waals surface area contributed by atoms with E-state index < -0.39 is 0 Å². The maximum atomic E-state index is 12.6. The lowest BCUT2D eigenvalue weighted by atomic mass is 10.1. The monoisotopic (exact) mass is 385 g/mol. The van der Waals surface area contributed by atoms with Crippen LogP contribution in [0.1, 0.15) is 44.6 Å². The summed E-state index contributed by atoms with van der Waals surface area (Å²) in [5.74, 6) is 1.55. The van der Waals surface area contributed by atoms with Crippen molar-refractivity contribution in [2.45, 2.75) is 44.6 Å². The maximum Gasteiger partial charge on any atom is 0.350 e. The Morgan fingerprint density at radius 1 is 1.25 bits per heavy atom. The van der Waals surface area contributed by atoms with Crippen molar-refractivity contribution in [3.63, 3.8) is 0 Å². The maximum absolute atomic E-state index is 12.6. The zero-order valence-corrected chi connectivity index (χ0v) is 16.5. The highest BCUT2D eigenvalue weighted by atomic mass is 16.5. The molecular formula is C21H31N5O2. The zero-order valence-electron chi connectivity index (χ0n) is 16.5. The highest BCUT2D eigenvalue weighted by Crippen LogP contribution is 2.32. The molecule has 1 fully saturated rings. The van der Waals surface area contributed by atoms with Crippen LogP contribution in [0.2, 0.25) is 0 Å². The van der Waals surface area contributed by atoms with Crippen LogP contribution in [-0.2, 0) is 0 Å². The van der Waals surface area contributed by atoms with Gasteiger partial charge in [-0.3, -0.25) is 4.57 Å². The van der Waals surface area contributed by atoms with Gasteiger partial charge >= 0.3 is 5.69 Å². The summed E-state index contributed by atoms with van der Waals surface area (Å²) in [6.45, 7) is 11.5. The van der Waals surface area contributed by atoms with E-state index in [2.05, 4.69) is 28.4 Å².